The Hall–Kier alpha value is -1.35. The highest BCUT2D eigenvalue weighted by Gasteiger charge is 2.23. The molecule has 1 aliphatic rings. The molecule has 17 heavy (non-hydrogen) atoms. The van der Waals surface area contributed by atoms with Crippen LogP contribution in [0.3, 0.4) is 0 Å². The van der Waals surface area contributed by atoms with Gasteiger partial charge in [0.2, 0.25) is 0 Å². The molecule has 1 N–H and O–H groups in total. The molecule has 0 amide bonds. The molecule has 0 saturated heterocycles. The molecule has 1 unspecified atom stereocenters. The lowest BCUT2D eigenvalue weighted by atomic mass is 9.89. The predicted molar refractivity (Wildman–Crippen MR) is 66.9 cm³/mol. The number of carbonyl (C=O) groups is 1. The second kappa shape index (κ2) is 5.32. The average molecular weight is 233 g/mol. The van der Waals surface area contributed by atoms with Crippen LogP contribution >= 0.6 is 0 Å². The van der Waals surface area contributed by atoms with E-state index in [1.54, 1.807) is 0 Å². The molecule has 2 rings (SSSR count). The monoisotopic (exact) mass is 233 g/mol. The van der Waals surface area contributed by atoms with Gasteiger partial charge in [-0.15, -0.1) is 0 Å². The van der Waals surface area contributed by atoms with Crippen LogP contribution in [0.1, 0.15) is 36.1 Å². The van der Waals surface area contributed by atoms with Gasteiger partial charge in [-0.2, -0.15) is 0 Å². The average Bonchev–Trinajstić information content (AvgIpc) is 2.31. The van der Waals surface area contributed by atoms with E-state index in [4.69, 9.17) is 4.74 Å². The lowest BCUT2D eigenvalue weighted by Gasteiger charge is -2.27. The van der Waals surface area contributed by atoms with E-state index in [0.29, 0.717) is 13.0 Å². The topological polar surface area (TPSA) is 38.3 Å². The molecule has 0 saturated carbocycles. The van der Waals surface area contributed by atoms with E-state index in [0.717, 1.165) is 13.0 Å². The molecule has 0 fully saturated rings. The normalized spacial score (nSPS) is 18.6. The summed E-state index contributed by atoms with van der Waals surface area (Å²) in [5.41, 5.74) is 3.96. The molecule has 1 aromatic carbocycles. The molecule has 0 aliphatic carbocycles. The highest BCUT2D eigenvalue weighted by Crippen LogP contribution is 2.27. The number of aryl methyl sites for hydroxylation is 1. The lowest BCUT2D eigenvalue weighted by Crippen LogP contribution is -2.32. The highest BCUT2D eigenvalue weighted by atomic mass is 16.5. The number of ether oxygens (including phenoxy) is 1. The van der Waals surface area contributed by atoms with E-state index in [1.165, 1.54) is 16.7 Å². The van der Waals surface area contributed by atoms with Crippen molar-refractivity contribution in [3.63, 3.8) is 0 Å². The van der Waals surface area contributed by atoms with E-state index >= 15 is 0 Å². The fourth-order valence-corrected chi connectivity index (χ4v) is 2.44. The summed E-state index contributed by atoms with van der Waals surface area (Å²) in [5.74, 6) is -0.126. The first kappa shape index (κ1) is 12.1. The Bertz CT molecular complexity index is 415. The zero-order valence-electron chi connectivity index (χ0n) is 10.5. The highest BCUT2D eigenvalue weighted by molar-refractivity contribution is 5.70. The van der Waals surface area contributed by atoms with Crippen molar-refractivity contribution in [2.75, 3.05) is 13.2 Å². The second-order valence-electron chi connectivity index (χ2n) is 4.41. The van der Waals surface area contributed by atoms with Crippen LogP contribution in [0.15, 0.2) is 18.2 Å². The van der Waals surface area contributed by atoms with Crippen molar-refractivity contribution in [2.24, 2.45) is 0 Å². The first-order valence-corrected chi connectivity index (χ1v) is 6.19. The number of fused-ring (bicyclic) bond motifs is 1. The van der Waals surface area contributed by atoms with Crippen LogP contribution in [0.25, 0.3) is 0 Å². The van der Waals surface area contributed by atoms with Crippen molar-refractivity contribution in [2.45, 2.75) is 32.7 Å². The number of hydrogen-bond acceptors (Lipinski definition) is 3. The first-order valence-electron chi connectivity index (χ1n) is 6.19. The molecule has 0 radical (unpaired) electrons. The number of carbonyl (C=O) groups excluding carboxylic acids is 1. The van der Waals surface area contributed by atoms with Crippen LogP contribution in [-0.2, 0) is 16.0 Å². The van der Waals surface area contributed by atoms with Gasteiger partial charge >= 0.3 is 5.97 Å². The Morgan fingerprint density at radius 3 is 3.12 bits per heavy atom. The zero-order valence-corrected chi connectivity index (χ0v) is 10.5. The standard InChI is InChI=1S/C14H19NO2/c1-3-17-14(16)9-13-12-6-4-5-10(2)11(12)7-8-15-13/h4-6,13,15H,3,7-9H2,1-2H3. The van der Waals surface area contributed by atoms with Crippen molar-refractivity contribution in [1.82, 2.24) is 5.32 Å². The summed E-state index contributed by atoms with van der Waals surface area (Å²) in [6.45, 7) is 5.35. The fourth-order valence-electron chi connectivity index (χ4n) is 2.44. The summed E-state index contributed by atoms with van der Waals surface area (Å²) in [6.07, 6.45) is 1.46. The number of hydrogen-bond donors (Lipinski definition) is 1. The maximum atomic E-state index is 11.5. The summed E-state index contributed by atoms with van der Waals surface area (Å²) in [4.78, 5) is 11.5. The Balaban J connectivity index is 2.17. The van der Waals surface area contributed by atoms with Gasteiger partial charge in [0.05, 0.1) is 13.0 Å². The Morgan fingerprint density at radius 1 is 1.53 bits per heavy atom. The fraction of sp³-hybridized carbons (Fsp3) is 0.500. The van der Waals surface area contributed by atoms with Crippen LogP contribution in [0.2, 0.25) is 0 Å². The molecular formula is C14H19NO2. The summed E-state index contributed by atoms with van der Waals surface area (Å²) in [7, 11) is 0. The molecule has 92 valence electrons. The molecule has 1 atom stereocenters. The van der Waals surface area contributed by atoms with Gasteiger partial charge in [0.15, 0.2) is 0 Å². The Kier molecular flexibility index (Phi) is 3.79. The SMILES string of the molecule is CCOC(=O)CC1NCCc2c(C)cccc21. The van der Waals surface area contributed by atoms with Gasteiger partial charge in [-0.3, -0.25) is 4.79 Å². The van der Waals surface area contributed by atoms with E-state index < -0.39 is 0 Å². The minimum absolute atomic E-state index is 0.109. The predicted octanol–water partition coefficient (Wildman–Crippen LogP) is 2.14. The number of rotatable bonds is 3. The minimum Gasteiger partial charge on any atom is -0.466 e. The largest absolute Gasteiger partial charge is 0.466 e. The van der Waals surface area contributed by atoms with Crippen molar-refractivity contribution in [3.05, 3.63) is 34.9 Å². The minimum atomic E-state index is -0.126. The third kappa shape index (κ3) is 2.67. The van der Waals surface area contributed by atoms with Crippen molar-refractivity contribution in [1.29, 1.82) is 0 Å². The number of esters is 1. The van der Waals surface area contributed by atoms with E-state index in [1.807, 2.05) is 6.92 Å². The third-order valence-corrected chi connectivity index (χ3v) is 3.26. The Morgan fingerprint density at radius 2 is 2.35 bits per heavy atom. The number of nitrogens with one attached hydrogen (secondary N) is 1. The molecule has 3 nitrogen and oxygen atoms in total. The van der Waals surface area contributed by atoms with E-state index in [2.05, 4.69) is 30.4 Å². The van der Waals surface area contributed by atoms with Crippen LogP contribution in [0.5, 0.6) is 0 Å². The lowest BCUT2D eigenvalue weighted by molar-refractivity contribution is -0.143. The molecule has 1 aromatic rings. The first-order chi connectivity index (χ1) is 8.22. The van der Waals surface area contributed by atoms with Crippen molar-refractivity contribution < 1.29 is 9.53 Å². The van der Waals surface area contributed by atoms with Crippen LogP contribution in [0.4, 0.5) is 0 Å². The quantitative estimate of drug-likeness (QED) is 0.813. The van der Waals surface area contributed by atoms with Crippen molar-refractivity contribution >= 4 is 5.97 Å². The third-order valence-electron chi connectivity index (χ3n) is 3.26. The van der Waals surface area contributed by atoms with E-state index in [-0.39, 0.29) is 12.0 Å². The van der Waals surface area contributed by atoms with Gasteiger partial charge in [-0.05, 0) is 43.5 Å². The van der Waals surface area contributed by atoms with Gasteiger partial charge in [-0.1, -0.05) is 18.2 Å². The van der Waals surface area contributed by atoms with Gasteiger partial charge in [0.25, 0.3) is 0 Å². The summed E-state index contributed by atoms with van der Waals surface area (Å²) in [5, 5.41) is 3.39. The zero-order chi connectivity index (χ0) is 12.3. The molecule has 1 heterocycles. The van der Waals surface area contributed by atoms with Gasteiger partial charge < -0.3 is 10.1 Å². The summed E-state index contributed by atoms with van der Waals surface area (Å²) < 4.78 is 5.01. The van der Waals surface area contributed by atoms with Crippen LogP contribution in [-0.4, -0.2) is 19.1 Å². The second-order valence-corrected chi connectivity index (χ2v) is 4.41. The molecule has 0 aromatic heterocycles. The van der Waals surface area contributed by atoms with Gasteiger partial charge in [-0.25, -0.2) is 0 Å². The molecular weight excluding hydrogens is 214 g/mol. The number of benzene rings is 1. The van der Waals surface area contributed by atoms with Gasteiger partial charge in [0.1, 0.15) is 0 Å². The Labute approximate surface area is 102 Å². The molecule has 3 heteroatoms. The van der Waals surface area contributed by atoms with Crippen molar-refractivity contribution in [3.8, 4) is 0 Å². The maximum absolute atomic E-state index is 11.5. The molecule has 0 bridgehead atoms. The summed E-state index contributed by atoms with van der Waals surface area (Å²) in [6, 6.07) is 6.40. The van der Waals surface area contributed by atoms with E-state index in [9.17, 15) is 4.79 Å². The van der Waals surface area contributed by atoms with Gasteiger partial charge in [0, 0.05) is 6.04 Å². The molecule has 0 spiro atoms. The molecule has 1 aliphatic heterocycles. The summed E-state index contributed by atoms with van der Waals surface area (Å²) >= 11 is 0. The smallest absolute Gasteiger partial charge is 0.307 e. The maximum Gasteiger partial charge on any atom is 0.307 e. The van der Waals surface area contributed by atoms with Crippen LogP contribution < -0.4 is 5.32 Å². The van der Waals surface area contributed by atoms with Crippen LogP contribution in [0, 0.1) is 6.92 Å².